The van der Waals surface area contributed by atoms with Gasteiger partial charge in [-0.05, 0) is 12.1 Å². The summed E-state index contributed by atoms with van der Waals surface area (Å²) in [7, 11) is 0. The Morgan fingerprint density at radius 1 is 1.14 bits per heavy atom. The highest BCUT2D eigenvalue weighted by Gasteiger charge is 2.49. The van der Waals surface area contributed by atoms with Crippen LogP contribution in [0.2, 0.25) is 0 Å². The van der Waals surface area contributed by atoms with Gasteiger partial charge in [0.2, 0.25) is 5.89 Å². The number of aromatic nitrogens is 3. The first-order valence-electron chi connectivity index (χ1n) is 8.59. The monoisotopic (exact) mass is 379 g/mol. The van der Waals surface area contributed by atoms with Crippen molar-refractivity contribution in [1.29, 1.82) is 0 Å². The van der Waals surface area contributed by atoms with E-state index in [1.807, 2.05) is 42.5 Å². The summed E-state index contributed by atoms with van der Waals surface area (Å²) in [6.07, 6.45) is 1.52. The molecule has 3 aromatic rings. The van der Waals surface area contributed by atoms with Gasteiger partial charge in [0.25, 0.3) is 11.8 Å². The molecule has 0 saturated carbocycles. The average Bonchev–Trinajstić information content (AvgIpc) is 3.14. The van der Waals surface area contributed by atoms with Gasteiger partial charge in [-0.25, -0.2) is 4.98 Å². The highest BCUT2D eigenvalue weighted by atomic mass is 16.3. The second-order valence-electron chi connectivity index (χ2n) is 6.64. The first-order chi connectivity index (χ1) is 13.4. The third kappa shape index (κ3) is 3.35. The van der Waals surface area contributed by atoms with Gasteiger partial charge in [0.05, 0.1) is 30.9 Å². The summed E-state index contributed by atoms with van der Waals surface area (Å²) in [4.78, 5) is 28.9. The molecule has 0 bridgehead atoms. The fourth-order valence-corrected chi connectivity index (χ4v) is 2.91. The van der Waals surface area contributed by atoms with Crippen LogP contribution in [0, 0.1) is 0 Å². The number of β-amino-alcohol motifs (C(OH)–C–C–N with tert-alkyl or cyclic N) is 1. The lowest BCUT2D eigenvalue weighted by atomic mass is 9.93. The quantitative estimate of drug-likeness (QED) is 0.655. The number of carbonyl (C=O) groups excluding carboxylic acids is 2. The predicted molar refractivity (Wildman–Crippen MR) is 96.8 cm³/mol. The van der Waals surface area contributed by atoms with Crippen molar-refractivity contribution in [3.05, 3.63) is 66.0 Å². The van der Waals surface area contributed by atoms with E-state index >= 15 is 0 Å². The Morgan fingerprint density at radius 3 is 2.54 bits per heavy atom. The van der Waals surface area contributed by atoms with Crippen molar-refractivity contribution in [2.45, 2.75) is 12.0 Å². The Bertz CT molecular complexity index is 1010. The molecule has 3 N–H and O–H groups in total. The Hall–Kier alpha value is -3.59. The van der Waals surface area contributed by atoms with Gasteiger partial charge in [0, 0.05) is 5.56 Å². The summed E-state index contributed by atoms with van der Waals surface area (Å²) < 4.78 is 5.34. The smallest absolute Gasteiger partial charge is 0.276 e. The summed E-state index contributed by atoms with van der Waals surface area (Å²) in [5, 5.41) is 18.2. The van der Waals surface area contributed by atoms with Gasteiger partial charge in [0.1, 0.15) is 6.26 Å². The molecule has 1 aliphatic rings. The summed E-state index contributed by atoms with van der Waals surface area (Å²) in [6.45, 7) is -0.314. The van der Waals surface area contributed by atoms with Crippen LogP contribution in [-0.2, 0) is 11.2 Å². The van der Waals surface area contributed by atoms with Crippen LogP contribution in [0.5, 0.6) is 0 Å². The van der Waals surface area contributed by atoms with Gasteiger partial charge < -0.3 is 20.2 Å². The number of hydrogen-bond acceptors (Lipinski definition) is 7. The molecule has 2 amide bonds. The van der Waals surface area contributed by atoms with Gasteiger partial charge >= 0.3 is 0 Å². The number of amides is 2. The molecule has 1 aliphatic heterocycles. The number of primary amides is 1. The fourth-order valence-electron chi connectivity index (χ4n) is 2.91. The van der Waals surface area contributed by atoms with Crippen molar-refractivity contribution < 1.29 is 19.1 Å². The third-order valence-corrected chi connectivity index (χ3v) is 4.54. The number of aliphatic hydroxyl groups is 1. The van der Waals surface area contributed by atoms with Crippen molar-refractivity contribution in [2.24, 2.45) is 5.73 Å². The van der Waals surface area contributed by atoms with E-state index in [2.05, 4.69) is 15.2 Å². The molecular weight excluding hydrogens is 362 g/mol. The molecule has 0 radical (unpaired) electrons. The number of benzene rings is 1. The van der Waals surface area contributed by atoms with E-state index in [9.17, 15) is 14.7 Å². The van der Waals surface area contributed by atoms with Crippen LogP contribution in [0.1, 0.15) is 22.1 Å². The molecule has 0 atom stereocenters. The van der Waals surface area contributed by atoms with Gasteiger partial charge in [-0.3, -0.25) is 9.59 Å². The molecule has 142 valence electrons. The third-order valence-electron chi connectivity index (χ3n) is 4.54. The summed E-state index contributed by atoms with van der Waals surface area (Å²) >= 11 is 0. The Kier molecular flexibility index (Phi) is 4.36. The predicted octanol–water partition coefficient (Wildman–Crippen LogP) is 0.395. The highest BCUT2D eigenvalue weighted by molar-refractivity contribution is 5.95. The van der Waals surface area contributed by atoms with Crippen LogP contribution >= 0.6 is 0 Å². The van der Waals surface area contributed by atoms with Crippen LogP contribution in [0.3, 0.4) is 0 Å². The van der Waals surface area contributed by atoms with Crippen molar-refractivity contribution in [2.75, 3.05) is 13.1 Å². The molecule has 4 rings (SSSR count). The van der Waals surface area contributed by atoms with Crippen LogP contribution in [-0.4, -0.2) is 55.7 Å². The number of nitrogens with two attached hydrogens (primary N) is 1. The van der Waals surface area contributed by atoms with Gasteiger partial charge in [-0.2, -0.15) is 10.2 Å². The minimum atomic E-state index is -1.67. The van der Waals surface area contributed by atoms with Crippen LogP contribution in [0.15, 0.2) is 53.1 Å². The second-order valence-corrected chi connectivity index (χ2v) is 6.64. The number of nitrogens with zero attached hydrogens (tertiary/aromatic N) is 4. The zero-order valence-electron chi connectivity index (χ0n) is 14.8. The Morgan fingerprint density at radius 2 is 1.89 bits per heavy atom. The molecule has 1 fully saturated rings. The first kappa shape index (κ1) is 17.8. The lowest BCUT2D eigenvalue weighted by molar-refractivity contribution is -0.151. The second kappa shape index (κ2) is 6.86. The van der Waals surface area contributed by atoms with Crippen LogP contribution < -0.4 is 5.73 Å². The van der Waals surface area contributed by atoms with Crippen LogP contribution in [0.25, 0.3) is 11.3 Å². The summed E-state index contributed by atoms with van der Waals surface area (Å²) in [5.74, 6) is -0.975. The maximum atomic E-state index is 12.3. The largest absolute Gasteiger partial charge is 0.448 e. The number of likely N-dealkylation sites (tertiary alicyclic amines) is 1. The summed E-state index contributed by atoms with van der Waals surface area (Å²) in [6, 6.07) is 13.4. The van der Waals surface area contributed by atoms with Crippen molar-refractivity contribution in [3.8, 4) is 11.3 Å². The molecular formula is C19H17N5O4. The normalized spacial score (nSPS) is 15.1. The minimum absolute atomic E-state index is 0.0929. The number of carbonyl (C=O) groups is 2. The first-order valence-corrected chi connectivity index (χ1v) is 8.59. The molecule has 1 saturated heterocycles. The highest BCUT2D eigenvalue weighted by Crippen LogP contribution is 2.23. The lowest BCUT2D eigenvalue weighted by Crippen LogP contribution is -2.69. The van der Waals surface area contributed by atoms with Crippen molar-refractivity contribution in [1.82, 2.24) is 20.1 Å². The molecule has 1 aromatic carbocycles. The van der Waals surface area contributed by atoms with Gasteiger partial charge in [-0.1, -0.05) is 30.3 Å². The number of hydrogen-bond donors (Lipinski definition) is 2. The van der Waals surface area contributed by atoms with Crippen molar-refractivity contribution in [3.63, 3.8) is 0 Å². The molecule has 0 spiro atoms. The van der Waals surface area contributed by atoms with Gasteiger partial charge in [0.15, 0.2) is 11.3 Å². The van der Waals surface area contributed by atoms with Gasteiger partial charge in [-0.15, -0.1) is 0 Å². The molecule has 0 unspecified atom stereocenters. The van der Waals surface area contributed by atoms with E-state index < -0.39 is 17.4 Å². The zero-order chi connectivity index (χ0) is 19.7. The van der Waals surface area contributed by atoms with E-state index in [1.54, 1.807) is 0 Å². The van der Waals surface area contributed by atoms with E-state index in [0.717, 1.165) is 11.3 Å². The average molecular weight is 379 g/mol. The molecule has 28 heavy (non-hydrogen) atoms. The molecule has 2 aromatic heterocycles. The number of oxazole rings is 1. The standard InChI is InChI=1S/C19H17N5O4/c20-18(26)19(27)10-24(11-19)17(25)15-9-28-16(21-15)8-13-6-7-14(23-22-13)12-4-2-1-3-5-12/h1-7,9,27H,8,10-11H2,(H2,20,26). The molecule has 0 aliphatic carbocycles. The minimum Gasteiger partial charge on any atom is -0.448 e. The Labute approximate surface area is 159 Å². The van der Waals surface area contributed by atoms with E-state index in [-0.39, 0.29) is 25.2 Å². The SMILES string of the molecule is NC(=O)C1(O)CN(C(=O)c2coc(Cc3ccc(-c4ccccc4)nn3)n2)C1. The maximum Gasteiger partial charge on any atom is 0.276 e. The zero-order valence-corrected chi connectivity index (χ0v) is 14.8. The number of rotatable bonds is 5. The topological polar surface area (TPSA) is 135 Å². The lowest BCUT2D eigenvalue weighted by Gasteiger charge is -2.43. The maximum absolute atomic E-state index is 12.3. The van der Waals surface area contributed by atoms with E-state index in [0.29, 0.717) is 11.6 Å². The molecule has 3 heterocycles. The van der Waals surface area contributed by atoms with E-state index in [4.69, 9.17) is 10.2 Å². The van der Waals surface area contributed by atoms with Crippen LogP contribution in [0.4, 0.5) is 0 Å². The van der Waals surface area contributed by atoms with E-state index in [1.165, 1.54) is 11.2 Å². The fraction of sp³-hybridized carbons (Fsp3) is 0.211. The molecule has 9 heteroatoms. The Balaban J connectivity index is 1.40. The van der Waals surface area contributed by atoms with Crippen molar-refractivity contribution >= 4 is 11.8 Å². The summed E-state index contributed by atoms with van der Waals surface area (Å²) in [5.41, 5.74) is 5.89. The molecule has 9 nitrogen and oxygen atoms in total.